The van der Waals surface area contributed by atoms with Gasteiger partial charge >= 0.3 is 11.9 Å². The summed E-state index contributed by atoms with van der Waals surface area (Å²) in [6.07, 6.45) is 4.28. The lowest BCUT2D eigenvalue weighted by Gasteiger charge is -2.21. The number of rotatable bonds is 15. The maximum atomic E-state index is 12.6. The molecular formula is C18H28N6O7S. The zero-order valence-electron chi connectivity index (χ0n) is 17.5. The number of nitrogens with one attached hydrogen (secondary N) is 4. The van der Waals surface area contributed by atoms with Crippen molar-refractivity contribution in [1.29, 1.82) is 0 Å². The summed E-state index contributed by atoms with van der Waals surface area (Å²) in [6, 6.07) is -3.42. The van der Waals surface area contributed by atoms with Crippen molar-refractivity contribution in [3.05, 3.63) is 18.2 Å². The van der Waals surface area contributed by atoms with Crippen LogP contribution in [-0.4, -0.2) is 86.5 Å². The van der Waals surface area contributed by atoms with Crippen molar-refractivity contribution < 1.29 is 34.2 Å². The van der Waals surface area contributed by atoms with Crippen LogP contribution >= 0.6 is 11.8 Å². The third kappa shape index (κ3) is 10.3. The number of aromatic amines is 1. The number of hydrogen-bond acceptors (Lipinski definition) is 8. The van der Waals surface area contributed by atoms with Crippen molar-refractivity contribution in [2.45, 2.75) is 43.8 Å². The smallest absolute Gasteiger partial charge is 0.326 e. The Morgan fingerprint density at radius 1 is 1.12 bits per heavy atom. The largest absolute Gasteiger partial charge is 0.481 e. The molecule has 3 atom stereocenters. The Morgan fingerprint density at radius 3 is 2.41 bits per heavy atom. The predicted octanol–water partition coefficient (Wildman–Crippen LogP) is -1.93. The number of aromatic nitrogens is 2. The summed E-state index contributed by atoms with van der Waals surface area (Å²) in [5, 5.41) is 25.1. The molecule has 0 aromatic carbocycles. The molecule has 13 nitrogen and oxygen atoms in total. The van der Waals surface area contributed by atoms with Crippen molar-refractivity contribution in [3.63, 3.8) is 0 Å². The second kappa shape index (κ2) is 14.0. The summed E-state index contributed by atoms with van der Waals surface area (Å²) >= 11 is 1.53. The van der Waals surface area contributed by atoms with Gasteiger partial charge in [0.15, 0.2) is 0 Å². The van der Waals surface area contributed by atoms with Crippen molar-refractivity contribution >= 4 is 41.4 Å². The quantitative estimate of drug-likeness (QED) is 0.150. The molecular weight excluding hydrogens is 444 g/mol. The number of carboxylic acid groups (broad SMARTS) is 2. The van der Waals surface area contributed by atoms with Gasteiger partial charge in [-0.1, -0.05) is 0 Å². The third-order valence-corrected chi connectivity index (χ3v) is 4.93. The Bertz CT molecular complexity index is 789. The molecule has 0 aliphatic heterocycles. The summed E-state index contributed by atoms with van der Waals surface area (Å²) in [4.78, 5) is 65.6. The van der Waals surface area contributed by atoms with Crippen molar-refractivity contribution in [2.75, 3.05) is 18.6 Å². The molecule has 178 valence electrons. The van der Waals surface area contributed by atoms with Crippen LogP contribution in [0.25, 0.3) is 0 Å². The topological polar surface area (TPSA) is 217 Å². The molecule has 0 fully saturated rings. The highest BCUT2D eigenvalue weighted by Crippen LogP contribution is 2.03. The Morgan fingerprint density at radius 2 is 1.84 bits per heavy atom. The first-order chi connectivity index (χ1) is 15.1. The van der Waals surface area contributed by atoms with Gasteiger partial charge in [-0.25, -0.2) is 9.78 Å². The van der Waals surface area contributed by atoms with E-state index in [1.807, 2.05) is 6.26 Å². The number of carbonyl (C=O) groups is 5. The van der Waals surface area contributed by atoms with Crippen molar-refractivity contribution in [2.24, 2.45) is 5.73 Å². The second-order valence-corrected chi connectivity index (χ2v) is 7.82. The zero-order valence-corrected chi connectivity index (χ0v) is 18.3. The number of aliphatic carboxylic acids is 2. The molecule has 0 spiro atoms. The first-order valence-corrected chi connectivity index (χ1v) is 11.1. The Labute approximate surface area is 188 Å². The Kier molecular flexibility index (Phi) is 11.8. The molecule has 1 aromatic heterocycles. The van der Waals surface area contributed by atoms with Gasteiger partial charge in [0.25, 0.3) is 0 Å². The maximum Gasteiger partial charge on any atom is 0.326 e. The SMILES string of the molecule is CSCCC(N)C(=O)NCC(=O)NC(Cc1cnc[nH]1)C(=O)NC(CCC(=O)O)C(=O)O. The minimum Gasteiger partial charge on any atom is -0.481 e. The average molecular weight is 473 g/mol. The summed E-state index contributed by atoms with van der Waals surface area (Å²) in [5.41, 5.74) is 6.22. The fourth-order valence-corrected chi connectivity index (χ4v) is 3.03. The molecule has 14 heteroatoms. The van der Waals surface area contributed by atoms with E-state index in [1.54, 1.807) is 0 Å². The van der Waals surface area contributed by atoms with Gasteiger partial charge in [0.05, 0.1) is 18.9 Å². The molecule has 0 saturated heterocycles. The predicted molar refractivity (Wildman–Crippen MR) is 115 cm³/mol. The molecule has 1 heterocycles. The van der Waals surface area contributed by atoms with E-state index in [1.165, 1.54) is 24.3 Å². The van der Waals surface area contributed by atoms with Gasteiger partial charge in [0.2, 0.25) is 17.7 Å². The molecule has 0 aliphatic rings. The highest BCUT2D eigenvalue weighted by molar-refractivity contribution is 7.98. The van der Waals surface area contributed by atoms with E-state index in [2.05, 4.69) is 25.9 Å². The molecule has 0 aliphatic carbocycles. The first kappa shape index (κ1) is 26.9. The highest BCUT2D eigenvalue weighted by Gasteiger charge is 2.27. The second-order valence-electron chi connectivity index (χ2n) is 6.84. The van der Waals surface area contributed by atoms with Crippen LogP contribution in [0.4, 0.5) is 0 Å². The number of carbonyl (C=O) groups excluding carboxylic acids is 3. The van der Waals surface area contributed by atoms with Crippen LogP contribution in [0.3, 0.4) is 0 Å². The van der Waals surface area contributed by atoms with Gasteiger partial charge in [-0.2, -0.15) is 11.8 Å². The van der Waals surface area contributed by atoms with Crippen LogP contribution in [0.15, 0.2) is 12.5 Å². The summed E-state index contributed by atoms with van der Waals surface area (Å²) < 4.78 is 0. The lowest BCUT2D eigenvalue weighted by molar-refractivity contribution is -0.143. The number of carboxylic acids is 2. The molecule has 1 aromatic rings. The van der Waals surface area contributed by atoms with Crippen LogP contribution in [0.5, 0.6) is 0 Å². The molecule has 0 bridgehead atoms. The summed E-state index contributed by atoms with van der Waals surface area (Å²) in [7, 11) is 0. The first-order valence-electron chi connectivity index (χ1n) is 9.67. The number of H-pyrrole nitrogens is 1. The lowest BCUT2D eigenvalue weighted by Crippen LogP contribution is -2.54. The number of amides is 3. The van der Waals surface area contributed by atoms with Gasteiger partial charge < -0.3 is 36.9 Å². The lowest BCUT2D eigenvalue weighted by atomic mass is 10.1. The molecule has 1 rings (SSSR count). The van der Waals surface area contributed by atoms with Gasteiger partial charge in [-0.3, -0.25) is 19.2 Å². The molecule has 8 N–H and O–H groups in total. The fraction of sp³-hybridized carbons (Fsp3) is 0.556. The van der Waals surface area contributed by atoms with Gasteiger partial charge in [-0.15, -0.1) is 0 Å². The molecule has 32 heavy (non-hydrogen) atoms. The van der Waals surface area contributed by atoms with E-state index in [-0.39, 0.29) is 12.8 Å². The number of imidazole rings is 1. The number of nitrogens with two attached hydrogens (primary N) is 1. The van der Waals surface area contributed by atoms with E-state index in [9.17, 15) is 29.1 Å². The zero-order chi connectivity index (χ0) is 24.1. The molecule has 3 unspecified atom stereocenters. The van der Waals surface area contributed by atoms with E-state index < -0.39 is 60.8 Å². The van der Waals surface area contributed by atoms with Crippen LogP contribution in [0.1, 0.15) is 25.0 Å². The molecule has 0 saturated carbocycles. The van der Waals surface area contributed by atoms with E-state index >= 15 is 0 Å². The molecule has 0 radical (unpaired) electrons. The van der Waals surface area contributed by atoms with E-state index in [4.69, 9.17) is 10.8 Å². The van der Waals surface area contributed by atoms with Gasteiger partial charge in [0.1, 0.15) is 12.1 Å². The minimum atomic E-state index is -1.45. The average Bonchev–Trinajstić information content (AvgIpc) is 3.25. The van der Waals surface area contributed by atoms with Crippen molar-refractivity contribution in [1.82, 2.24) is 25.9 Å². The Balaban J connectivity index is 2.75. The number of thioether (sulfide) groups is 1. The van der Waals surface area contributed by atoms with Gasteiger partial charge in [0, 0.05) is 24.7 Å². The van der Waals surface area contributed by atoms with E-state index in [0.29, 0.717) is 17.9 Å². The van der Waals surface area contributed by atoms with E-state index in [0.717, 1.165) is 0 Å². The summed E-state index contributed by atoms with van der Waals surface area (Å²) in [5.74, 6) is -3.96. The standard InChI is InChI=1S/C18H28N6O7S/c1-32-5-4-11(19)16(28)21-8-14(25)23-13(6-10-7-20-9-22-10)17(29)24-12(18(30)31)2-3-15(26)27/h7,9,11-13H,2-6,8,19H2,1H3,(H,20,22)(H,21,28)(H,23,25)(H,24,29)(H,26,27)(H,30,31). The summed E-state index contributed by atoms with van der Waals surface area (Å²) in [6.45, 7) is -0.431. The molecule has 3 amide bonds. The minimum absolute atomic E-state index is 0.0377. The highest BCUT2D eigenvalue weighted by atomic mass is 32.2. The van der Waals surface area contributed by atoms with Crippen LogP contribution in [0, 0.1) is 0 Å². The van der Waals surface area contributed by atoms with Crippen LogP contribution in [-0.2, 0) is 30.4 Å². The van der Waals surface area contributed by atoms with Crippen molar-refractivity contribution in [3.8, 4) is 0 Å². The third-order valence-electron chi connectivity index (χ3n) is 4.28. The van der Waals surface area contributed by atoms with Gasteiger partial charge in [-0.05, 0) is 24.9 Å². The number of hydrogen-bond donors (Lipinski definition) is 7. The van der Waals surface area contributed by atoms with Crippen LogP contribution < -0.4 is 21.7 Å². The fourth-order valence-electron chi connectivity index (χ4n) is 2.54. The number of nitrogens with zero attached hydrogens (tertiary/aromatic N) is 1. The maximum absolute atomic E-state index is 12.6. The van der Waals surface area contributed by atoms with Crippen LogP contribution in [0.2, 0.25) is 0 Å². The normalized spacial score (nSPS) is 13.4. The Hall–Kier alpha value is -3.13. The monoisotopic (exact) mass is 472 g/mol.